The molecule has 0 bridgehead atoms. The molecule has 0 unspecified atom stereocenters. The van der Waals surface area contributed by atoms with Crippen LogP contribution in [0.4, 0.5) is 18.0 Å². The Hall–Kier alpha value is -3.80. The van der Waals surface area contributed by atoms with Gasteiger partial charge in [0.05, 0.1) is 37.6 Å². The van der Waals surface area contributed by atoms with Gasteiger partial charge in [-0.2, -0.15) is 13.2 Å². The fourth-order valence-corrected chi connectivity index (χ4v) is 3.61. The minimum atomic E-state index is -4.66. The Labute approximate surface area is 217 Å². The number of benzene rings is 2. The van der Waals surface area contributed by atoms with Crippen molar-refractivity contribution in [3.05, 3.63) is 59.2 Å². The van der Waals surface area contributed by atoms with E-state index in [1.54, 1.807) is 20.8 Å². The van der Waals surface area contributed by atoms with Gasteiger partial charge in [-0.1, -0.05) is 12.1 Å². The number of nitrogens with one attached hydrogen (secondary N) is 1. The number of rotatable bonds is 7. The number of carbonyl (C=O) groups is 3. The van der Waals surface area contributed by atoms with Crippen molar-refractivity contribution >= 4 is 17.8 Å². The fraction of sp³-hybridized carbons (Fsp3) is 0.423. The number of alkyl carbamates (subject to hydrolysis) is 1. The van der Waals surface area contributed by atoms with Gasteiger partial charge in [0.2, 0.25) is 11.9 Å². The molecule has 9 nitrogen and oxygen atoms in total. The summed E-state index contributed by atoms with van der Waals surface area (Å²) in [6.07, 6.45) is -8.97. The molecule has 3 rings (SSSR count). The van der Waals surface area contributed by atoms with Gasteiger partial charge in [-0.05, 0) is 50.6 Å². The van der Waals surface area contributed by atoms with Gasteiger partial charge in [-0.15, -0.1) is 0 Å². The van der Waals surface area contributed by atoms with E-state index in [0.717, 1.165) is 25.3 Å². The topological polar surface area (TPSA) is 109 Å². The lowest BCUT2D eigenvalue weighted by atomic mass is 9.92. The molecule has 206 valence electrons. The molecule has 2 aromatic carbocycles. The monoisotopic (exact) mass is 539 g/mol. The van der Waals surface area contributed by atoms with Gasteiger partial charge >= 0.3 is 18.2 Å². The maximum Gasteiger partial charge on any atom is 0.416 e. The molecule has 0 saturated carbocycles. The van der Waals surface area contributed by atoms with Crippen LogP contribution in [0, 0.1) is 0 Å². The van der Waals surface area contributed by atoms with E-state index >= 15 is 0 Å². The summed E-state index contributed by atoms with van der Waals surface area (Å²) < 4.78 is 66.8. The largest absolute Gasteiger partial charge is 0.497 e. The number of alkyl halides is 3. The summed E-state index contributed by atoms with van der Waals surface area (Å²) in [5.41, 5.74) is -1.65. The van der Waals surface area contributed by atoms with E-state index in [4.69, 9.17) is 23.7 Å². The molecule has 0 fully saturated rings. The molecule has 1 aliphatic heterocycles. The van der Waals surface area contributed by atoms with E-state index in [9.17, 15) is 27.6 Å². The standard InChI is InChI=1S/C26H28F3NO8/c1-25(2,3)36-13-18(23(32)35-5)30-24(33)38-22-20(31)17-10-9-16(34-4)12-19(17)37-21(22)14-7-6-8-15(11-14)26(27,28)29/h6-12,18,21-22H,13H2,1-5H3,(H,30,33)/t18-,21-,22+/m0/s1. The highest BCUT2D eigenvalue weighted by Gasteiger charge is 2.43. The predicted octanol–water partition coefficient (Wildman–Crippen LogP) is 4.48. The molecule has 1 heterocycles. The third kappa shape index (κ3) is 6.94. The highest BCUT2D eigenvalue weighted by molar-refractivity contribution is 6.04. The average molecular weight is 540 g/mol. The van der Waals surface area contributed by atoms with Crippen molar-refractivity contribution in [3.63, 3.8) is 0 Å². The fourth-order valence-electron chi connectivity index (χ4n) is 3.61. The molecule has 12 heteroatoms. The number of amides is 1. The zero-order valence-electron chi connectivity index (χ0n) is 21.4. The summed E-state index contributed by atoms with van der Waals surface area (Å²) in [6.45, 7) is 4.96. The molecular weight excluding hydrogens is 511 g/mol. The molecule has 0 radical (unpaired) electrons. The summed E-state index contributed by atoms with van der Waals surface area (Å²) in [5.74, 6) is -1.16. The van der Waals surface area contributed by atoms with E-state index in [2.05, 4.69) is 5.32 Å². The van der Waals surface area contributed by atoms with Gasteiger partial charge in [-0.3, -0.25) is 4.79 Å². The Bertz CT molecular complexity index is 1190. The molecule has 3 atom stereocenters. The van der Waals surface area contributed by atoms with Crippen LogP contribution in [0.15, 0.2) is 42.5 Å². The zero-order chi connectivity index (χ0) is 28.3. The summed E-state index contributed by atoms with van der Waals surface area (Å²) in [6, 6.07) is 7.15. The number of ketones is 1. The SMILES string of the molecule is COC(=O)[C@H](COC(C)(C)C)NC(=O)O[C@@H]1C(=O)c2ccc(OC)cc2O[C@H]1c1cccc(C(F)(F)F)c1. The molecule has 0 aliphatic carbocycles. The number of methoxy groups -OCH3 is 2. The highest BCUT2D eigenvalue weighted by Crippen LogP contribution is 2.40. The molecule has 1 amide bonds. The Balaban J connectivity index is 1.94. The van der Waals surface area contributed by atoms with E-state index in [0.29, 0.717) is 5.75 Å². The van der Waals surface area contributed by atoms with E-state index < -0.39 is 53.4 Å². The second-order valence-corrected chi connectivity index (χ2v) is 9.36. The van der Waals surface area contributed by atoms with Crippen molar-refractivity contribution < 1.29 is 51.2 Å². The minimum Gasteiger partial charge on any atom is -0.497 e. The van der Waals surface area contributed by atoms with Gasteiger partial charge in [0, 0.05) is 6.07 Å². The lowest BCUT2D eigenvalue weighted by molar-refractivity contribution is -0.146. The van der Waals surface area contributed by atoms with Crippen LogP contribution >= 0.6 is 0 Å². The average Bonchev–Trinajstić information content (AvgIpc) is 2.86. The van der Waals surface area contributed by atoms with Crippen LogP contribution < -0.4 is 14.8 Å². The number of fused-ring (bicyclic) bond motifs is 1. The number of Topliss-reactive ketones (excluding diaryl/α,β-unsaturated/α-hetero) is 1. The molecule has 1 aliphatic rings. The second-order valence-electron chi connectivity index (χ2n) is 9.36. The summed E-state index contributed by atoms with van der Waals surface area (Å²) in [5, 5.41) is 2.29. The van der Waals surface area contributed by atoms with Crippen molar-refractivity contribution in [2.24, 2.45) is 0 Å². The van der Waals surface area contributed by atoms with Crippen LogP contribution in [0.1, 0.15) is 48.4 Å². The lowest BCUT2D eigenvalue weighted by Gasteiger charge is -2.33. The minimum absolute atomic E-state index is 0.0346. The van der Waals surface area contributed by atoms with Crippen LogP contribution in [0.5, 0.6) is 11.5 Å². The van der Waals surface area contributed by atoms with Crippen LogP contribution in [0.25, 0.3) is 0 Å². The maximum absolute atomic E-state index is 13.4. The molecule has 1 N–H and O–H groups in total. The smallest absolute Gasteiger partial charge is 0.416 e. The Morgan fingerprint density at radius 3 is 2.39 bits per heavy atom. The van der Waals surface area contributed by atoms with E-state index in [1.165, 1.54) is 31.4 Å². The van der Waals surface area contributed by atoms with Crippen molar-refractivity contribution in [2.45, 2.75) is 50.8 Å². The van der Waals surface area contributed by atoms with Crippen LogP contribution in [-0.2, 0) is 25.2 Å². The van der Waals surface area contributed by atoms with Gasteiger partial charge in [0.1, 0.15) is 11.5 Å². The quantitative estimate of drug-likeness (QED) is 0.513. The van der Waals surface area contributed by atoms with Crippen molar-refractivity contribution in [1.29, 1.82) is 0 Å². The molecular formula is C26H28F3NO8. The summed E-state index contributed by atoms with van der Waals surface area (Å²) >= 11 is 0. The molecule has 0 saturated heterocycles. The number of hydrogen-bond acceptors (Lipinski definition) is 8. The first-order valence-electron chi connectivity index (χ1n) is 11.5. The van der Waals surface area contributed by atoms with E-state index in [1.807, 2.05) is 0 Å². The Morgan fingerprint density at radius 1 is 1.08 bits per heavy atom. The lowest BCUT2D eigenvalue weighted by Crippen LogP contribution is -2.49. The predicted molar refractivity (Wildman–Crippen MR) is 127 cm³/mol. The number of esters is 1. The first kappa shape index (κ1) is 28.8. The van der Waals surface area contributed by atoms with Gasteiger partial charge in [0.25, 0.3) is 0 Å². The third-order valence-corrected chi connectivity index (χ3v) is 5.48. The molecule has 0 spiro atoms. The summed E-state index contributed by atoms with van der Waals surface area (Å²) in [4.78, 5) is 38.4. The second kappa shape index (κ2) is 11.3. The van der Waals surface area contributed by atoms with Gasteiger partial charge < -0.3 is 29.0 Å². The summed E-state index contributed by atoms with van der Waals surface area (Å²) in [7, 11) is 2.51. The zero-order valence-corrected chi connectivity index (χ0v) is 21.4. The van der Waals surface area contributed by atoms with Crippen LogP contribution in [0.3, 0.4) is 0 Å². The van der Waals surface area contributed by atoms with E-state index in [-0.39, 0.29) is 23.5 Å². The highest BCUT2D eigenvalue weighted by atomic mass is 19.4. The van der Waals surface area contributed by atoms with Crippen molar-refractivity contribution in [2.75, 3.05) is 20.8 Å². The first-order chi connectivity index (χ1) is 17.7. The van der Waals surface area contributed by atoms with Crippen molar-refractivity contribution in [1.82, 2.24) is 5.32 Å². The van der Waals surface area contributed by atoms with Gasteiger partial charge in [-0.25, -0.2) is 9.59 Å². The third-order valence-electron chi connectivity index (χ3n) is 5.48. The molecule has 0 aromatic heterocycles. The molecule has 2 aromatic rings. The number of halogens is 3. The number of hydrogen-bond donors (Lipinski definition) is 1. The van der Waals surface area contributed by atoms with Crippen LogP contribution in [-0.4, -0.2) is 56.4 Å². The Kier molecular flexibility index (Phi) is 8.55. The maximum atomic E-state index is 13.4. The van der Waals surface area contributed by atoms with Crippen LogP contribution in [0.2, 0.25) is 0 Å². The van der Waals surface area contributed by atoms with Crippen molar-refractivity contribution in [3.8, 4) is 11.5 Å². The number of carbonyl (C=O) groups excluding carboxylic acids is 3. The Morgan fingerprint density at radius 2 is 1.79 bits per heavy atom. The molecule has 38 heavy (non-hydrogen) atoms. The number of ether oxygens (including phenoxy) is 5. The van der Waals surface area contributed by atoms with Gasteiger partial charge in [0.15, 0.2) is 12.1 Å². The first-order valence-corrected chi connectivity index (χ1v) is 11.5. The normalized spacial score (nSPS) is 18.1.